The summed E-state index contributed by atoms with van der Waals surface area (Å²) < 4.78 is 0. The fourth-order valence-electron chi connectivity index (χ4n) is 2.04. The van der Waals surface area contributed by atoms with Crippen LogP contribution in [0, 0.1) is 13.8 Å². The first-order chi connectivity index (χ1) is 9.97. The standard InChI is InChI=1S/C17H20N2O2/c1-12-5-4-6-16(13(12)2)18-17(21)19(3)11-14-7-9-15(20)10-8-14/h4-10,20H,11H2,1-3H3,(H,18,21). The molecule has 0 saturated carbocycles. The zero-order valence-electron chi connectivity index (χ0n) is 12.6. The number of benzene rings is 2. The van der Waals surface area contributed by atoms with Gasteiger partial charge in [0, 0.05) is 19.3 Å². The molecule has 0 saturated heterocycles. The third-order valence-corrected chi connectivity index (χ3v) is 3.55. The Morgan fingerprint density at radius 3 is 2.48 bits per heavy atom. The maximum absolute atomic E-state index is 12.2. The van der Waals surface area contributed by atoms with Crippen LogP contribution in [0.4, 0.5) is 10.5 Å². The Labute approximate surface area is 125 Å². The Morgan fingerprint density at radius 2 is 1.81 bits per heavy atom. The van der Waals surface area contributed by atoms with Gasteiger partial charge in [-0.3, -0.25) is 0 Å². The van der Waals surface area contributed by atoms with Gasteiger partial charge in [0.2, 0.25) is 0 Å². The van der Waals surface area contributed by atoms with E-state index in [1.807, 2.05) is 32.0 Å². The van der Waals surface area contributed by atoms with Gasteiger partial charge in [0.05, 0.1) is 0 Å². The molecule has 0 bridgehead atoms. The Kier molecular flexibility index (Phi) is 4.48. The highest BCUT2D eigenvalue weighted by Crippen LogP contribution is 2.18. The van der Waals surface area contributed by atoms with E-state index >= 15 is 0 Å². The van der Waals surface area contributed by atoms with Crippen molar-refractivity contribution in [3.63, 3.8) is 0 Å². The lowest BCUT2D eigenvalue weighted by molar-refractivity contribution is 0.220. The van der Waals surface area contributed by atoms with Crippen molar-refractivity contribution in [2.75, 3.05) is 12.4 Å². The normalized spacial score (nSPS) is 10.2. The van der Waals surface area contributed by atoms with Crippen LogP contribution in [0.3, 0.4) is 0 Å². The van der Waals surface area contributed by atoms with Crippen molar-refractivity contribution >= 4 is 11.7 Å². The van der Waals surface area contributed by atoms with Crippen LogP contribution in [0.5, 0.6) is 5.75 Å². The fraction of sp³-hybridized carbons (Fsp3) is 0.235. The Bertz CT molecular complexity index is 636. The number of carbonyl (C=O) groups is 1. The van der Waals surface area contributed by atoms with Crippen molar-refractivity contribution in [2.45, 2.75) is 20.4 Å². The van der Waals surface area contributed by atoms with Crippen molar-refractivity contribution in [3.05, 3.63) is 59.2 Å². The average molecular weight is 284 g/mol. The number of anilines is 1. The number of carbonyl (C=O) groups excluding carboxylic acids is 1. The molecule has 0 spiro atoms. The van der Waals surface area contributed by atoms with Gasteiger partial charge in [-0.05, 0) is 48.7 Å². The highest BCUT2D eigenvalue weighted by Gasteiger charge is 2.11. The molecule has 2 rings (SSSR count). The molecular weight excluding hydrogens is 264 g/mol. The van der Waals surface area contributed by atoms with Crippen LogP contribution in [0.2, 0.25) is 0 Å². The highest BCUT2D eigenvalue weighted by molar-refractivity contribution is 5.90. The molecule has 2 aromatic rings. The number of nitrogens with one attached hydrogen (secondary N) is 1. The summed E-state index contributed by atoms with van der Waals surface area (Å²) in [5, 5.41) is 12.2. The van der Waals surface area contributed by atoms with Crippen LogP contribution in [-0.2, 0) is 6.54 Å². The van der Waals surface area contributed by atoms with E-state index in [2.05, 4.69) is 5.32 Å². The summed E-state index contributed by atoms with van der Waals surface area (Å²) in [5.74, 6) is 0.223. The van der Waals surface area contributed by atoms with Crippen LogP contribution in [0.25, 0.3) is 0 Å². The predicted molar refractivity (Wildman–Crippen MR) is 84.5 cm³/mol. The lowest BCUT2D eigenvalue weighted by Gasteiger charge is -2.19. The van der Waals surface area contributed by atoms with Crippen molar-refractivity contribution in [1.29, 1.82) is 0 Å². The summed E-state index contributed by atoms with van der Waals surface area (Å²) in [6, 6.07) is 12.5. The molecule has 2 N–H and O–H groups in total. The van der Waals surface area contributed by atoms with E-state index in [1.165, 1.54) is 0 Å². The van der Waals surface area contributed by atoms with Gasteiger partial charge in [0.25, 0.3) is 0 Å². The van der Waals surface area contributed by atoms with E-state index in [0.29, 0.717) is 6.54 Å². The molecule has 0 heterocycles. The van der Waals surface area contributed by atoms with Gasteiger partial charge in [0.1, 0.15) is 5.75 Å². The van der Waals surface area contributed by atoms with Gasteiger partial charge >= 0.3 is 6.03 Å². The van der Waals surface area contributed by atoms with E-state index in [0.717, 1.165) is 22.4 Å². The van der Waals surface area contributed by atoms with Crippen LogP contribution < -0.4 is 5.32 Å². The van der Waals surface area contributed by atoms with Crippen molar-refractivity contribution < 1.29 is 9.90 Å². The molecule has 4 nitrogen and oxygen atoms in total. The first-order valence-corrected chi connectivity index (χ1v) is 6.83. The van der Waals surface area contributed by atoms with Crippen molar-refractivity contribution in [3.8, 4) is 5.75 Å². The summed E-state index contributed by atoms with van der Waals surface area (Å²) in [6.07, 6.45) is 0. The van der Waals surface area contributed by atoms with E-state index < -0.39 is 0 Å². The third-order valence-electron chi connectivity index (χ3n) is 3.55. The molecule has 0 fully saturated rings. The smallest absolute Gasteiger partial charge is 0.321 e. The largest absolute Gasteiger partial charge is 0.508 e. The zero-order chi connectivity index (χ0) is 15.4. The molecule has 0 radical (unpaired) electrons. The first-order valence-electron chi connectivity index (χ1n) is 6.83. The average Bonchev–Trinajstić information content (AvgIpc) is 2.46. The van der Waals surface area contributed by atoms with Crippen LogP contribution >= 0.6 is 0 Å². The number of amides is 2. The van der Waals surface area contributed by atoms with E-state index in [1.54, 1.807) is 36.2 Å². The molecule has 0 aliphatic rings. The number of aromatic hydroxyl groups is 1. The minimum atomic E-state index is -0.156. The molecule has 0 aromatic heterocycles. The zero-order valence-corrected chi connectivity index (χ0v) is 12.6. The molecular formula is C17H20N2O2. The summed E-state index contributed by atoms with van der Waals surface area (Å²) >= 11 is 0. The summed E-state index contributed by atoms with van der Waals surface area (Å²) in [7, 11) is 1.74. The topological polar surface area (TPSA) is 52.6 Å². The van der Waals surface area contributed by atoms with Gasteiger partial charge in [-0.25, -0.2) is 4.79 Å². The second-order valence-electron chi connectivity index (χ2n) is 5.20. The number of rotatable bonds is 3. The van der Waals surface area contributed by atoms with Gasteiger partial charge in [-0.1, -0.05) is 24.3 Å². The lowest BCUT2D eigenvalue weighted by atomic mass is 10.1. The van der Waals surface area contributed by atoms with Crippen LogP contribution in [0.1, 0.15) is 16.7 Å². The molecule has 0 atom stereocenters. The number of urea groups is 1. The first kappa shape index (κ1) is 14.9. The number of hydrogen-bond donors (Lipinski definition) is 2. The number of aryl methyl sites for hydroxylation is 1. The number of phenolic OH excluding ortho intramolecular Hbond substituents is 1. The number of nitrogens with zero attached hydrogens (tertiary/aromatic N) is 1. The Hall–Kier alpha value is -2.49. The second kappa shape index (κ2) is 6.31. The summed E-state index contributed by atoms with van der Waals surface area (Å²) in [6.45, 7) is 4.49. The van der Waals surface area contributed by atoms with E-state index in [9.17, 15) is 9.90 Å². The Balaban J connectivity index is 2.02. The third kappa shape index (κ3) is 3.75. The number of hydrogen-bond acceptors (Lipinski definition) is 2. The summed E-state index contributed by atoms with van der Waals surface area (Å²) in [4.78, 5) is 13.8. The molecule has 2 aromatic carbocycles. The maximum atomic E-state index is 12.2. The van der Waals surface area contributed by atoms with Gasteiger partial charge in [-0.2, -0.15) is 0 Å². The van der Waals surface area contributed by atoms with Gasteiger partial charge in [-0.15, -0.1) is 0 Å². The van der Waals surface area contributed by atoms with E-state index in [4.69, 9.17) is 0 Å². The minimum Gasteiger partial charge on any atom is -0.508 e. The molecule has 4 heteroatoms. The number of phenols is 1. The molecule has 21 heavy (non-hydrogen) atoms. The summed E-state index contributed by atoms with van der Waals surface area (Å²) in [5.41, 5.74) is 4.02. The second-order valence-corrected chi connectivity index (χ2v) is 5.20. The molecule has 2 amide bonds. The molecule has 0 aliphatic carbocycles. The SMILES string of the molecule is Cc1cccc(NC(=O)N(C)Cc2ccc(O)cc2)c1C. The van der Waals surface area contributed by atoms with Crippen molar-refractivity contribution in [2.24, 2.45) is 0 Å². The maximum Gasteiger partial charge on any atom is 0.321 e. The molecule has 110 valence electrons. The highest BCUT2D eigenvalue weighted by atomic mass is 16.3. The van der Waals surface area contributed by atoms with Crippen LogP contribution in [-0.4, -0.2) is 23.1 Å². The van der Waals surface area contributed by atoms with E-state index in [-0.39, 0.29) is 11.8 Å². The molecule has 0 unspecified atom stereocenters. The predicted octanol–water partition coefficient (Wildman–Crippen LogP) is 3.67. The fourth-order valence-corrected chi connectivity index (χ4v) is 2.04. The Morgan fingerprint density at radius 1 is 1.14 bits per heavy atom. The quantitative estimate of drug-likeness (QED) is 0.903. The molecule has 0 aliphatic heterocycles. The van der Waals surface area contributed by atoms with Gasteiger partial charge < -0.3 is 15.3 Å². The lowest BCUT2D eigenvalue weighted by Crippen LogP contribution is -2.31. The minimum absolute atomic E-state index is 0.156. The van der Waals surface area contributed by atoms with Crippen LogP contribution in [0.15, 0.2) is 42.5 Å². The van der Waals surface area contributed by atoms with Crippen molar-refractivity contribution in [1.82, 2.24) is 4.90 Å². The monoisotopic (exact) mass is 284 g/mol. The van der Waals surface area contributed by atoms with Gasteiger partial charge in [0.15, 0.2) is 0 Å².